The number of nitrogens with one attached hydrogen (secondary N) is 1. The van der Waals surface area contributed by atoms with Crippen molar-refractivity contribution in [2.75, 3.05) is 11.1 Å². The van der Waals surface area contributed by atoms with Gasteiger partial charge in [-0.05, 0) is 49.6 Å². The molecule has 0 radical (unpaired) electrons. The fourth-order valence-corrected chi connectivity index (χ4v) is 3.43. The van der Waals surface area contributed by atoms with E-state index in [1.165, 1.54) is 30.6 Å². The lowest BCUT2D eigenvalue weighted by Crippen LogP contribution is -2.16. The molecule has 1 aromatic rings. The van der Waals surface area contributed by atoms with Crippen LogP contribution in [0.3, 0.4) is 0 Å². The van der Waals surface area contributed by atoms with E-state index in [-0.39, 0.29) is 0 Å². The Morgan fingerprint density at radius 2 is 2.38 bits per heavy atom. The van der Waals surface area contributed by atoms with E-state index >= 15 is 0 Å². The van der Waals surface area contributed by atoms with Gasteiger partial charge in [0, 0.05) is 17.5 Å². The van der Waals surface area contributed by atoms with E-state index in [0.717, 1.165) is 11.1 Å². The first-order chi connectivity index (χ1) is 7.78. The summed E-state index contributed by atoms with van der Waals surface area (Å²) in [7, 11) is 0. The van der Waals surface area contributed by atoms with Gasteiger partial charge in [0.1, 0.15) is 5.82 Å². The number of nitrogens with zero attached hydrogens (tertiary/aromatic N) is 1. The second-order valence-electron chi connectivity index (χ2n) is 4.45. The van der Waals surface area contributed by atoms with Crippen molar-refractivity contribution in [1.82, 2.24) is 4.98 Å². The number of rotatable bonds is 4. The first-order valence-electron chi connectivity index (χ1n) is 6.08. The Balaban J connectivity index is 1.87. The molecule has 0 aliphatic heterocycles. The lowest BCUT2D eigenvalue weighted by molar-refractivity contribution is 0.752. The van der Waals surface area contributed by atoms with Gasteiger partial charge in [-0.1, -0.05) is 6.92 Å². The molecule has 2 unspecified atom stereocenters. The van der Waals surface area contributed by atoms with Crippen LogP contribution >= 0.6 is 11.8 Å². The SMILES string of the molecule is CCSC1CCC(Nc2cc(C)ccn2)C1. The van der Waals surface area contributed by atoms with Gasteiger partial charge in [-0.2, -0.15) is 11.8 Å². The number of hydrogen-bond acceptors (Lipinski definition) is 3. The van der Waals surface area contributed by atoms with E-state index in [0.29, 0.717) is 6.04 Å². The van der Waals surface area contributed by atoms with Crippen LogP contribution in [0.2, 0.25) is 0 Å². The monoisotopic (exact) mass is 236 g/mol. The van der Waals surface area contributed by atoms with Crippen molar-refractivity contribution in [2.45, 2.75) is 44.4 Å². The third kappa shape index (κ3) is 3.14. The van der Waals surface area contributed by atoms with Gasteiger partial charge in [-0.25, -0.2) is 4.98 Å². The molecule has 1 fully saturated rings. The Morgan fingerprint density at radius 3 is 3.12 bits per heavy atom. The quantitative estimate of drug-likeness (QED) is 0.866. The van der Waals surface area contributed by atoms with Crippen molar-refractivity contribution in [3.8, 4) is 0 Å². The van der Waals surface area contributed by atoms with Gasteiger partial charge in [0.05, 0.1) is 0 Å². The molecule has 0 aromatic carbocycles. The first-order valence-corrected chi connectivity index (χ1v) is 7.13. The van der Waals surface area contributed by atoms with E-state index in [1.54, 1.807) is 0 Å². The van der Waals surface area contributed by atoms with Crippen LogP contribution in [0.1, 0.15) is 31.7 Å². The third-order valence-electron chi connectivity index (χ3n) is 3.05. The number of thioether (sulfide) groups is 1. The van der Waals surface area contributed by atoms with Gasteiger partial charge in [0.2, 0.25) is 0 Å². The molecule has 0 amide bonds. The molecule has 0 bridgehead atoms. The fourth-order valence-electron chi connectivity index (χ4n) is 2.28. The molecule has 1 aromatic heterocycles. The molecule has 0 spiro atoms. The van der Waals surface area contributed by atoms with Crippen molar-refractivity contribution >= 4 is 17.6 Å². The summed E-state index contributed by atoms with van der Waals surface area (Å²) in [5.74, 6) is 2.27. The van der Waals surface area contributed by atoms with E-state index < -0.39 is 0 Å². The minimum atomic E-state index is 0.623. The molecule has 2 atom stereocenters. The zero-order valence-electron chi connectivity index (χ0n) is 10.1. The van der Waals surface area contributed by atoms with E-state index in [2.05, 4.69) is 42.0 Å². The smallest absolute Gasteiger partial charge is 0.126 e. The second-order valence-corrected chi connectivity index (χ2v) is 6.03. The molecule has 1 aliphatic rings. The molecule has 1 aliphatic carbocycles. The molecule has 1 saturated carbocycles. The van der Waals surface area contributed by atoms with Gasteiger partial charge in [0.15, 0.2) is 0 Å². The Hall–Kier alpha value is -0.700. The van der Waals surface area contributed by atoms with Crippen LogP contribution in [0.4, 0.5) is 5.82 Å². The highest BCUT2D eigenvalue weighted by molar-refractivity contribution is 7.99. The second kappa shape index (κ2) is 5.58. The molecule has 1 N–H and O–H groups in total. The maximum Gasteiger partial charge on any atom is 0.126 e. The maximum atomic E-state index is 4.36. The predicted octanol–water partition coefficient (Wildman–Crippen LogP) is 3.48. The van der Waals surface area contributed by atoms with Crippen molar-refractivity contribution < 1.29 is 0 Å². The zero-order valence-corrected chi connectivity index (χ0v) is 10.9. The number of aryl methyl sites for hydroxylation is 1. The molecule has 3 heteroatoms. The molecule has 0 saturated heterocycles. The predicted molar refractivity (Wildman–Crippen MR) is 72.2 cm³/mol. The zero-order chi connectivity index (χ0) is 11.4. The van der Waals surface area contributed by atoms with Gasteiger partial charge in [-0.15, -0.1) is 0 Å². The van der Waals surface area contributed by atoms with Crippen molar-refractivity contribution in [3.63, 3.8) is 0 Å². The van der Waals surface area contributed by atoms with Crippen LogP contribution in [-0.4, -0.2) is 22.0 Å². The topological polar surface area (TPSA) is 24.9 Å². The number of hydrogen-bond donors (Lipinski definition) is 1. The number of pyridine rings is 1. The highest BCUT2D eigenvalue weighted by Crippen LogP contribution is 2.31. The van der Waals surface area contributed by atoms with E-state index in [4.69, 9.17) is 0 Å². The summed E-state index contributed by atoms with van der Waals surface area (Å²) in [6.07, 6.45) is 5.80. The summed E-state index contributed by atoms with van der Waals surface area (Å²) in [5, 5.41) is 4.40. The summed E-state index contributed by atoms with van der Waals surface area (Å²) in [4.78, 5) is 4.36. The van der Waals surface area contributed by atoms with E-state index in [1.807, 2.05) is 12.3 Å². The maximum absolute atomic E-state index is 4.36. The van der Waals surface area contributed by atoms with Crippen molar-refractivity contribution in [3.05, 3.63) is 23.9 Å². The third-order valence-corrected chi connectivity index (χ3v) is 4.29. The minimum absolute atomic E-state index is 0.623. The lowest BCUT2D eigenvalue weighted by atomic mass is 10.2. The highest BCUT2D eigenvalue weighted by Gasteiger charge is 2.24. The van der Waals surface area contributed by atoms with Gasteiger partial charge >= 0.3 is 0 Å². The van der Waals surface area contributed by atoms with E-state index in [9.17, 15) is 0 Å². The molecular weight excluding hydrogens is 216 g/mol. The van der Waals surface area contributed by atoms with Crippen LogP contribution in [0, 0.1) is 6.92 Å². The average molecular weight is 236 g/mol. The van der Waals surface area contributed by atoms with Crippen LogP contribution in [0.15, 0.2) is 18.3 Å². The Labute approximate surface area is 102 Å². The van der Waals surface area contributed by atoms with Crippen LogP contribution in [0.25, 0.3) is 0 Å². The molecule has 1 heterocycles. The largest absolute Gasteiger partial charge is 0.367 e. The molecule has 2 rings (SSSR count). The Kier molecular flexibility index (Phi) is 4.10. The first kappa shape index (κ1) is 11.8. The normalized spacial score (nSPS) is 24.6. The molecular formula is C13H20N2S. The van der Waals surface area contributed by atoms with Gasteiger partial charge in [0.25, 0.3) is 0 Å². The summed E-state index contributed by atoms with van der Waals surface area (Å²) in [6, 6.07) is 4.79. The van der Waals surface area contributed by atoms with Crippen molar-refractivity contribution in [2.24, 2.45) is 0 Å². The summed E-state index contributed by atoms with van der Waals surface area (Å²) < 4.78 is 0. The Bertz CT molecular complexity index is 340. The molecule has 88 valence electrons. The number of anilines is 1. The molecule has 2 nitrogen and oxygen atoms in total. The molecule has 16 heavy (non-hydrogen) atoms. The lowest BCUT2D eigenvalue weighted by Gasteiger charge is -2.13. The van der Waals surface area contributed by atoms with Crippen molar-refractivity contribution in [1.29, 1.82) is 0 Å². The fraction of sp³-hybridized carbons (Fsp3) is 0.615. The standard InChI is InChI=1S/C13H20N2S/c1-3-16-12-5-4-11(9-12)15-13-8-10(2)6-7-14-13/h6-8,11-12H,3-5,9H2,1-2H3,(H,14,15). The average Bonchev–Trinajstić information content (AvgIpc) is 2.66. The summed E-state index contributed by atoms with van der Waals surface area (Å²) in [5.41, 5.74) is 1.27. The van der Waals surface area contributed by atoms with Crippen LogP contribution < -0.4 is 5.32 Å². The van der Waals surface area contributed by atoms with Crippen LogP contribution in [0.5, 0.6) is 0 Å². The van der Waals surface area contributed by atoms with Crippen LogP contribution in [-0.2, 0) is 0 Å². The highest BCUT2D eigenvalue weighted by atomic mass is 32.2. The van der Waals surface area contributed by atoms with Gasteiger partial charge in [-0.3, -0.25) is 0 Å². The number of aromatic nitrogens is 1. The van der Waals surface area contributed by atoms with Gasteiger partial charge < -0.3 is 5.32 Å². The summed E-state index contributed by atoms with van der Waals surface area (Å²) in [6.45, 7) is 4.35. The Morgan fingerprint density at radius 1 is 1.50 bits per heavy atom. The minimum Gasteiger partial charge on any atom is -0.367 e. The summed E-state index contributed by atoms with van der Waals surface area (Å²) >= 11 is 2.10.